The average Bonchev–Trinajstić information content (AvgIpc) is 3.69. The first-order chi connectivity index (χ1) is 22.6. The van der Waals surface area contributed by atoms with Crippen molar-refractivity contribution in [2.24, 2.45) is 17.6 Å². The summed E-state index contributed by atoms with van der Waals surface area (Å²) < 4.78 is 57.2. The maximum absolute atomic E-state index is 13.8. The first-order valence-electron chi connectivity index (χ1n) is 16.0. The third-order valence-electron chi connectivity index (χ3n) is 8.37. The van der Waals surface area contributed by atoms with Gasteiger partial charge in [0.15, 0.2) is 6.29 Å². The van der Waals surface area contributed by atoms with E-state index in [4.69, 9.17) is 29.4 Å². The van der Waals surface area contributed by atoms with Crippen LogP contribution in [0, 0.1) is 11.8 Å². The van der Waals surface area contributed by atoms with Gasteiger partial charge in [0.2, 0.25) is 10.0 Å². The van der Waals surface area contributed by atoms with Gasteiger partial charge in [-0.05, 0) is 66.3 Å². The minimum atomic E-state index is -3.91. The van der Waals surface area contributed by atoms with Crippen LogP contribution in [0.25, 0.3) is 0 Å². The zero-order chi connectivity index (χ0) is 33.4. The largest absolute Gasteiger partial charge is 0.497 e. The number of nitrogens with zero attached hydrogens (tertiary/aromatic N) is 1. The molecule has 12 heteroatoms. The van der Waals surface area contributed by atoms with Crippen LogP contribution < -0.4 is 20.5 Å². The summed E-state index contributed by atoms with van der Waals surface area (Å²) in [6.45, 7) is 5.36. The van der Waals surface area contributed by atoms with Crippen LogP contribution in [0.15, 0.2) is 83.8 Å². The molecule has 3 aromatic carbocycles. The van der Waals surface area contributed by atoms with Crippen molar-refractivity contribution in [1.29, 1.82) is 0 Å². The molecule has 0 aromatic heterocycles. The van der Waals surface area contributed by atoms with Gasteiger partial charge in [0.25, 0.3) is 0 Å². The summed E-state index contributed by atoms with van der Waals surface area (Å²) in [6.07, 6.45) is -0.348. The van der Waals surface area contributed by atoms with E-state index in [2.05, 4.69) is 5.32 Å². The molecule has 254 valence electrons. The van der Waals surface area contributed by atoms with Gasteiger partial charge in [-0.2, -0.15) is 4.31 Å². The van der Waals surface area contributed by atoms with Crippen LogP contribution in [0.1, 0.15) is 31.4 Å². The van der Waals surface area contributed by atoms with Crippen molar-refractivity contribution in [3.63, 3.8) is 0 Å². The number of carbonyl (C=O) groups is 1. The van der Waals surface area contributed by atoms with E-state index in [-0.39, 0.29) is 42.7 Å². The Morgan fingerprint density at radius 1 is 0.957 bits per heavy atom. The number of ether oxygens (including phenoxy) is 5. The summed E-state index contributed by atoms with van der Waals surface area (Å²) >= 11 is 0. The molecule has 0 spiro atoms. The van der Waals surface area contributed by atoms with Crippen LogP contribution in [-0.4, -0.2) is 76.7 Å². The van der Waals surface area contributed by atoms with Crippen molar-refractivity contribution in [1.82, 2.24) is 9.62 Å². The van der Waals surface area contributed by atoms with Crippen molar-refractivity contribution in [3.8, 4) is 11.5 Å². The van der Waals surface area contributed by atoms with Gasteiger partial charge in [-0.3, -0.25) is 0 Å². The summed E-state index contributed by atoms with van der Waals surface area (Å²) in [5.74, 6) is 1.26. The lowest BCUT2D eigenvalue weighted by Gasteiger charge is -2.31. The number of rotatable bonds is 15. The quantitative estimate of drug-likeness (QED) is 0.242. The van der Waals surface area contributed by atoms with Crippen molar-refractivity contribution in [3.05, 3.63) is 90.0 Å². The second kappa shape index (κ2) is 15.9. The van der Waals surface area contributed by atoms with Crippen molar-refractivity contribution < 1.29 is 36.9 Å². The van der Waals surface area contributed by atoms with Crippen LogP contribution in [0.2, 0.25) is 0 Å². The van der Waals surface area contributed by atoms with E-state index in [1.54, 1.807) is 12.1 Å². The molecule has 0 saturated carbocycles. The fourth-order valence-electron chi connectivity index (χ4n) is 5.83. The van der Waals surface area contributed by atoms with Gasteiger partial charge in [0.1, 0.15) is 24.2 Å². The molecule has 2 aliphatic heterocycles. The molecule has 2 saturated heterocycles. The van der Waals surface area contributed by atoms with Gasteiger partial charge in [0.05, 0.1) is 37.2 Å². The molecule has 5 atom stereocenters. The molecule has 0 radical (unpaired) electrons. The average molecular weight is 668 g/mol. The minimum Gasteiger partial charge on any atom is -0.497 e. The molecule has 2 fully saturated rings. The molecule has 0 aliphatic carbocycles. The molecule has 5 rings (SSSR count). The minimum absolute atomic E-state index is 0.0209. The Balaban J connectivity index is 1.31. The Kier molecular flexibility index (Phi) is 11.8. The van der Waals surface area contributed by atoms with E-state index in [0.717, 1.165) is 17.5 Å². The number of hydrogen-bond donors (Lipinski definition) is 2. The molecule has 1 amide bonds. The van der Waals surface area contributed by atoms with Crippen LogP contribution in [-0.2, 0) is 37.3 Å². The number of fused-ring (bicyclic) bond motifs is 1. The predicted octanol–water partition coefficient (Wildman–Crippen LogP) is 4.35. The predicted molar refractivity (Wildman–Crippen MR) is 176 cm³/mol. The number of nitrogens with two attached hydrogens (primary N) is 1. The lowest BCUT2D eigenvalue weighted by atomic mass is 9.99. The normalized spacial score (nSPS) is 20.5. The molecule has 0 bridgehead atoms. The van der Waals surface area contributed by atoms with E-state index in [9.17, 15) is 13.2 Å². The van der Waals surface area contributed by atoms with Crippen LogP contribution in [0.4, 0.5) is 4.79 Å². The molecule has 2 heterocycles. The molecule has 0 unspecified atom stereocenters. The lowest BCUT2D eigenvalue weighted by molar-refractivity contribution is -0.0907. The molecule has 3 aromatic rings. The molecule has 11 nitrogen and oxygen atoms in total. The maximum Gasteiger partial charge on any atom is 0.407 e. The summed E-state index contributed by atoms with van der Waals surface area (Å²) in [5.41, 5.74) is 8.73. The second-order valence-corrected chi connectivity index (χ2v) is 14.3. The molecule has 3 N–H and O–H groups in total. The van der Waals surface area contributed by atoms with Crippen molar-refractivity contribution in [2.45, 2.75) is 62.7 Å². The summed E-state index contributed by atoms with van der Waals surface area (Å²) in [7, 11) is -2.38. The highest BCUT2D eigenvalue weighted by Gasteiger charge is 2.44. The zero-order valence-electron chi connectivity index (χ0n) is 27.1. The SMILES string of the molecule is COc1ccc(S(=O)(=O)N(CC(C)C)C[C@@H](N)[C@H](Cc2ccc(OCc3ccccc3)cc2)NC(=O)O[C@H]2CO[C@H]3OCC[C@H]32)cc1. The number of sulfonamides is 1. The first-order valence-corrected chi connectivity index (χ1v) is 17.4. The Labute approximate surface area is 277 Å². The van der Waals surface area contributed by atoms with Crippen molar-refractivity contribution in [2.75, 3.05) is 33.4 Å². The van der Waals surface area contributed by atoms with Gasteiger partial charge in [-0.25, -0.2) is 13.2 Å². The highest BCUT2D eigenvalue weighted by Crippen LogP contribution is 2.33. The van der Waals surface area contributed by atoms with E-state index in [0.29, 0.717) is 31.1 Å². The first kappa shape index (κ1) is 34.6. The molecule has 2 aliphatic rings. The summed E-state index contributed by atoms with van der Waals surface area (Å²) in [6, 6.07) is 22.3. The maximum atomic E-state index is 13.8. The number of nitrogens with one attached hydrogen (secondary N) is 1. The summed E-state index contributed by atoms with van der Waals surface area (Å²) in [4.78, 5) is 13.4. The Morgan fingerprint density at radius 3 is 2.34 bits per heavy atom. The highest BCUT2D eigenvalue weighted by molar-refractivity contribution is 7.89. The van der Waals surface area contributed by atoms with E-state index >= 15 is 0 Å². The zero-order valence-corrected chi connectivity index (χ0v) is 27.9. The third-order valence-corrected chi connectivity index (χ3v) is 10.2. The number of benzene rings is 3. The van der Waals surface area contributed by atoms with Crippen LogP contribution in [0.3, 0.4) is 0 Å². The Bertz CT molecular complexity index is 1540. The number of carbonyl (C=O) groups excluding carboxylic acids is 1. The van der Waals surface area contributed by atoms with Gasteiger partial charge in [-0.1, -0.05) is 56.3 Å². The Morgan fingerprint density at radius 2 is 1.66 bits per heavy atom. The fraction of sp³-hybridized carbons (Fsp3) is 0.457. The molecular weight excluding hydrogens is 622 g/mol. The fourth-order valence-corrected chi connectivity index (χ4v) is 7.47. The summed E-state index contributed by atoms with van der Waals surface area (Å²) in [5, 5.41) is 2.95. The number of amides is 1. The van der Waals surface area contributed by atoms with Gasteiger partial charge >= 0.3 is 6.09 Å². The van der Waals surface area contributed by atoms with Gasteiger partial charge < -0.3 is 34.7 Å². The van der Waals surface area contributed by atoms with Crippen LogP contribution >= 0.6 is 0 Å². The third kappa shape index (κ3) is 9.23. The van der Waals surface area contributed by atoms with Gasteiger partial charge in [-0.15, -0.1) is 0 Å². The lowest BCUT2D eigenvalue weighted by Crippen LogP contribution is -2.55. The van der Waals surface area contributed by atoms with E-state index in [1.165, 1.54) is 23.5 Å². The Hall–Kier alpha value is -3.68. The number of alkyl carbamates (subject to hydrolysis) is 1. The van der Waals surface area contributed by atoms with E-state index < -0.39 is 34.3 Å². The monoisotopic (exact) mass is 667 g/mol. The van der Waals surface area contributed by atoms with Crippen LogP contribution in [0.5, 0.6) is 11.5 Å². The topological polar surface area (TPSA) is 139 Å². The smallest absolute Gasteiger partial charge is 0.407 e. The number of hydrogen-bond acceptors (Lipinski definition) is 9. The highest BCUT2D eigenvalue weighted by atomic mass is 32.2. The standard InChI is InChI=1S/C35H45N3O8S/c1-24(2)20-38(47(40,41)29-15-13-27(42-3)14-16-29)21-31(36)32(37-35(39)46-33-23-45-34-30(33)17-18-43-34)19-25-9-11-28(12-10-25)44-22-26-7-5-4-6-8-26/h4-16,24,30-34H,17-23,36H2,1-3H3,(H,37,39)/t30-,31+,32-,33-,34+/m0/s1. The van der Waals surface area contributed by atoms with Gasteiger partial charge in [0, 0.05) is 19.1 Å². The number of methoxy groups -OCH3 is 1. The second-order valence-electron chi connectivity index (χ2n) is 12.4. The molecule has 47 heavy (non-hydrogen) atoms. The van der Waals surface area contributed by atoms with Crippen molar-refractivity contribution >= 4 is 16.1 Å². The molecular formula is C35H45N3O8S. The van der Waals surface area contributed by atoms with E-state index in [1.807, 2.05) is 68.4 Å².